The molecule has 1 saturated carbocycles. The van der Waals surface area contributed by atoms with Gasteiger partial charge >= 0.3 is 0 Å². The van der Waals surface area contributed by atoms with Gasteiger partial charge < -0.3 is 10.1 Å². The van der Waals surface area contributed by atoms with E-state index in [2.05, 4.69) is 30.4 Å². The fourth-order valence-electron chi connectivity index (χ4n) is 2.37. The molecule has 1 aliphatic carbocycles. The molecule has 2 nitrogen and oxygen atoms in total. The van der Waals surface area contributed by atoms with E-state index in [9.17, 15) is 0 Å². The molecule has 1 aromatic carbocycles. The number of ether oxygens (including phenoxy) is 1. The van der Waals surface area contributed by atoms with Crippen molar-refractivity contribution in [2.75, 3.05) is 13.7 Å². The van der Waals surface area contributed by atoms with Gasteiger partial charge in [-0.2, -0.15) is 0 Å². The molecule has 1 unspecified atom stereocenters. The van der Waals surface area contributed by atoms with E-state index in [1.54, 1.807) is 7.11 Å². The van der Waals surface area contributed by atoms with Gasteiger partial charge in [0.05, 0.1) is 7.11 Å². The lowest BCUT2D eigenvalue weighted by Gasteiger charge is -2.19. The fraction of sp³-hybridized carbons (Fsp3) is 0.625. The van der Waals surface area contributed by atoms with Crippen LogP contribution in [-0.2, 0) is 0 Å². The topological polar surface area (TPSA) is 21.3 Å². The van der Waals surface area contributed by atoms with Gasteiger partial charge in [0.1, 0.15) is 5.75 Å². The molecule has 1 fully saturated rings. The van der Waals surface area contributed by atoms with Crippen LogP contribution < -0.4 is 10.1 Å². The molecule has 0 bridgehead atoms. The maximum atomic E-state index is 5.32. The van der Waals surface area contributed by atoms with Gasteiger partial charge in [-0.3, -0.25) is 0 Å². The lowest BCUT2D eigenvalue weighted by Crippen LogP contribution is -2.22. The zero-order valence-electron chi connectivity index (χ0n) is 11.6. The third-order valence-corrected chi connectivity index (χ3v) is 3.70. The van der Waals surface area contributed by atoms with Gasteiger partial charge in [0.25, 0.3) is 0 Å². The minimum absolute atomic E-state index is 0.487. The monoisotopic (exact) mass is 247 g/mol. The highest BCUT2D eigenvalue weighted by atomic mass is 16.5. The summed E-state index contributed by atoms with van der Waals surface area (Å²) in [7, 11) is 1.73. The molecular weight excluding hydrogens is 222 g/mol. The average Bonchev–Trinajstić information content (AvgIpc) is 3.23. The van der Waals surface area contributed by atoms with E-state index < -0.39 is 0 Å². The van der Waals surface area contributed by atoms with E-state index in [0.717, 1.165) is 18.2 Å². The van der Waals surface area contributed by atoms with Gasteiger partial charge in [-0.15, -0.1) is 0 Å². The summed E-state index contributed by atoms with van der Waals surface area (Å²) in [6.45, 7) is 3.31. The summed E-state index contributed by atoms with van der Waals surface area (Å²) < 4.78 is 5.32. The highest BCUT2D eigenvalue weighted by Gasteiger charge is 2.23. The number of hydrogen-bond donors (Lipinski definition) is 1. The molecule has 1 N–H and O–H groups in total. The van der Waals surface area contributed by atoms with E-state index in [0.29, 0.717) is 6.04 Å². The van der Waals surface area contributed by atoms with Gasteiger partial charge in [0.2, 0.25) is 0 Å². The summed E-state index contributed by atoms with van der Waals surface area (Å²) in [5, 5.41) is 3.66. The average molecular weight is 247 g/mol. The Kier molecular flexibility index (Phi) is 5.06. The van der Waals surface area contributed by atoms with Crippen LogP contribution in [0.25, 0.3) is 0 Å². The molecule has 1 atom stereocenters. The molecule has 0 aliphatic heterocycles. The Morgan fingerprint density at radius 3 is 2.89 bits per heavy atom. The third kappa shape index (κ3) is 4.02. The maximum Gasteiger partial charge on any atom is 0.119 e. The Bertz CT molecular complexity index is 360. The van der Waals surface area contributed by atoms with E-state index >= 15 is 0 Å². The van der Waals surface area contributed by atoms with Gasteiger partial charge in [-0.25, -0.2) is 0 Å². The van der Waals surface area contributed by atoms with Crippen LogP contribution >= 0.6 is 0 Å². The van der Waals surface area contributed by atoms with Crippen LogP contribution in [0.5, 0.6) is 5.75 Å². The second-order valence-electron chi connectivity index (χ2n) is 5.30. The van der Waals surface area contributed by atoms with Crippen LogP contribution in [0, 0.1) is 5.92 Å². The lowest BCUT2D eigenvalue weighted by atomic mass is 10.00. The molecule has 0 aromatic heterocycles. The Balaban J connectivity index is 1.99. The quantitative estimate of drug-likeness (QED) is 0.751. The standard InChI is InChI=1S/C16H25NO/c1-3-11-17-16(10-9-13-7-8-13)14-5-4-6-15(12-14)18-2/h4-6,12-13,16-17H,3,7-11H2,1-2H3. The SMILES string of the molecule is CCCNC(CCC1CC1)c1cccc(OC)c1. The number of hydrogen-bond acceptors (Lipinski definition) is 2. The van der Waals surface area contributed by atoms with Crippen molar-refractivity contribution in [3.8, 4) is 5.75 Å². The van der Waals surface area contributed by atoms with Crippen molar-refractivity contribution >= 4 is 0 Å². The van der Waals surface area contributed by atoms with Crippen LogP contribution in [0.3, 0.4) is 0 Å². The Morgan fingerprint density at radius 2 is 2.22 bits per heavy atom. The van der Waals surface area contributed by atoms with E-state index in [4.69, 9.17) is 4.74 Å². The van der Waals surface area contributed by atoms with Gasteiger partial charge in [-0.1, -0.05) is 31.9 Å². The molecule has 0 saturated heterocycles. The third-order valence-electron chi connectivity index (χ3n) is 3.70. The summed E-state index contributed by atoms with van der Waals surface area (Å²) >= 11 is 0. The molecule has 0 amide bonds. The predicted octanol–water partition coefficient (Wildman–Crippen LogP) is 3.93. The molecule has 1 aliphatic rings. The van der Waals surface area contributed by atoms with Crippen LogP contribution in [0.1, 0.15) is 50.6 Å². The first kappa shape index (κ1) is 13.4. The van der Waals surface area contributed by atoms with Crippen molar-refractivity contribution in [1.82, 2.24) is 5.32 Å². The van der Waals surface area contributed by atoms with Crippen molar-refractivity contribution in [2.24, 2.45) is 5.92 Å². The first-order valence-electron chi connectivity index (χ1n) is 7.20. The van der Waals surface area contributed by atoms with Crippen molar-refractivity contribution in [3.05, 3.63) is 29.8 Å². The zero-order chi connectivity index (χ0) is 12.8. The van der Waals surface area contributed by atoms with E-state index in [1.165, 1.54) is 37.7 Å². The second-order valence-corrected chi connectivity index (χ2v) is 5.30. The van der Waals surface area contributed by atoms with E-state index in [1.807, 2.05) is 6.07 Å². The summed E-state index contributed by atoms with van der Waals surface area (Å²) in [6.07, 6.45) is 6.68. The molecule has 18 heavy (non-hydrogen) atoms. The first-order valence-corrected chi connectivity index (χ1v) is 7.20. The molecular formula is C16H25NO. The van der Waals surface area contributed by atoms with Crippen LogP contribution in [-0.4, -0.2) is 13.7 Å². The van der Waals surface area contributed by atoms with Gasteiger partial charge in [0.15, 0.2) is 0 Å². The zero-order valence-corrected chi connectivity index (χ0v) is 11.6. The summed E-state index contributed by atoms with van der Waals surface area (Å²) in [6, 6.07) is 8.97. The normalized spacial score (nSPS) is 16.6. The number of rotatable bonds is 8. The van der Waals surface area contributed by atoms with Crippen LogP contribution in [0.4, 0.5) is 0 Å². The summed E-state index contributed by atoms with van der Waals surface area (Å²) in [5.74, 6) is 1.96. The Morgan fingerprint density at radius 1 is 1.39 bits per heavy atom. The van der Waals surface area contributed by atoms with Crippen molar-refractivity contribution < 1.29 is 4.74 Å². The van der Waals surface area contributed by atoms with Crippen molar-refractivity contribution in [2.45, 2.75) is 45.1 Å². The molecule has 2 heteroatoms. The molecule has 0 spiro atoms. The molecule has 0 radical (unpaired) electrons. The van der Waals surface area contributed by atoms with Crippen LogP contribution in [0.15, 0.2) is 24.3 Å². The highest BCUT2D eigenvalue weighted by molar-refractivity contribution is 5.30. The molecule has 0 heterocycles. The smallest absolute Gasteiger partial charge is 0.119 e. The Labute approximate surface area is 111 Å². The largest absolute Gasteiger partial charge is 0.497 e. The summed E-state index contributed by atoms with van der Waals surface area (Å²) in [5.41, 5.74) is 1.36. The minimum atomic E-state index is 0.487. The molecule has 1 aromatic rings. The first-order chi connectivity index (χ1) is 8.83. The lowest BCUT2D eigenvalue weighted by molar-refractivity contribution is 0.411. The number of benzene rings is 1. The molecule has 2 rings (SSSR count). The van der Waals surface area contributed by atoms with E-state index in [-0.39, 0.29) is 0 Å². The highest BCUT2D eigenvalue weighted by Crippen LogP contribution is 2.36. The maximum absolute atomic E-state index is 5.32. The summed E-state index contributed by atoms with van der Waals surface area (Å²) in [4.78, 5) is 0. The van der Waals surface area contributed by atoms with Gasteiger partial charge in [0, 0.05) is 6.04 Å². The number of nitrogens with one attached hydrogen (secondary N) is 1. The van der Waals surface area contributed by atoms with Crippen molar-refractivity contribution in [3.63, 3.8) is 0 Å². The predicted molar refractivity (Wildman–Crippen MR) is 76.0 cm³/mol. The minimum Gasteiger partial charge on any atom is -0.497 e. The van der Waals surface area contributed by atoms with Crippen LogP contribution in [0.2, 0.25) is 0 Å². The number of methoxy groups -OCH3 is 1. The van der Waals surface area contributed by atoms with Crippen molar-refractivity contribution in [1.29, 1.82) is 0 Å². The second kappa shape index (κ2) is 6.79. The van der Waals surface area contributed by atoms with Gasteiger partial charge in [-0.05, 0) is 49.4 Å². The fourth-order valence-corrected chi connectivity index (χ4v) is 2.37. The molecule has 100 valence electrons. The Hall–Kier alpha value is -1.02.